The standard InChI is InChI=1S/C8H8BrNO2/c1-4(11)7-6(12)3-2-5(10)8(7)9/h2-3,12H,10H2,1H3. The van der Waals surface area contributed by atoms with Crippen molar-refractivity contribution in [1.82, 2.24) is 0 Å². The Labute approximate surface area is 78.3 Å². The number of Topliss-reactive ketones (excluding diaryl/α,β-unsaturated/α-hetero) is 1. The minimum atomic E-state index is -0.216. The average Bonchev–Trinajstić information content (AvgIpc) is 1.97. The highest BCUT2D eigenvalue weighted by atomic mass is 79.9. The van der Waals surface area contributed by atoms with Crippen molar-refractivity contribution in [3.05, 3.63) is 22.2 Å². The summed E-state index contributed by atoms with van der Waals surface area (Å²) >= 11 is 3.13. The monoisotopic (exact) mass is 229 g/mol. The van der Waals surface area contributed by atoms with Crippen molar-refractivity contribution >= 4 is 27.4 Å². The van der Waals surface area contributed by atoms with Gasteiger partial charge in [0.1, 0.15) is 5.75 Å². The van der Waals surface area contributed by atoms with Crippen molar-refractivity contribution in [2.75, 3.05) is 5.73 Å². The maximum absolute atomic E-state index is 11.0. The molecule has 1 aromatic rings. The van der Waals surface area contributed by atoms with E-state index in [1.54, 1.807) is 0 Å². The molecule has 1 rings (SSSR count). The summed E-state index contributed by atoms with van der Waals surface area (Å²) < 4.78 is 0.454. The van der Waals surface area contributed by atoms with Crippen LogP contribution in [-0.2, 0) is 0 Å². The Balaban J connectivity index is 3.43. The summed E-state index contributed by atoms with van der Waals surface area (Å²) in [5.41, 5.74) is 6.19. The lowest BCUT2D eigenvalue weighted by Gasteiger charge is -2.05. The van der Waals surface area contributed by atoms with Gasteiger partial charge in [-0.2, -0.15) is 0 Å². The van der Waals surface area contributed by atoms with Gasteiger partial charge < -0.3 is 10.8 Å². The topological polar surface area (TPSA) is 63.3 Å². The first kappa shape index (κ1) is 9.06. The molecule has 0 bridgehead atoms. The Morgan fingerprint density at radius 3 is 2.58 bits per heavy atom. The molecule has 0 unspecified atom stereocenters. The van der Waals surface area contributed by atoms with Crippen LogP contribution in [0.4, 0.5) is 5.69 Å². The molecule has 0 saturated heterocycles. The number of nitrogen functional groups attached to an aromatic ring is 1. The van der Waals surface area contributed by atoms with E-state index in [9.17, 15) is 9.90 Å². The highest BCUT2D eigenvalue weighted by Gasteiger charge is 2.12. The number of carbonyl (C=O) groups is 1. The molecule has 3 N–H and O–H groups in total. The van der Waals surface area contributed by atoms with Crippen LogP contribution in [-0.4, -0.2) is 10.9 Å². The van der Waals surface area contributed by atoms with Crippen LogP contribution >= 0.6 is 15.9 Å². The fraction of sp³-hybridized carbons (Fsp3) is 0.125. The fourth-order valence-electron chi connectivity index (χ4n) is 0.917. The molecule has 0 fully saturated rings. The first-order valence-corrected chi connectivity index (χ1v) is 4.11. The molecule has 0 spiro atoms. The number of hydrogen-bond acceptors (Lipinski definition) is 3. The van der Waals surface area contributed by atoms with Crippen molar-refractivity contribution in [2.24, 2.45) is 0 Å². The number of halogens is 1. The predicted molar refractivity (Wildman–Crippen MR) is 50.2 cm³/mol. The zero-order chi connectivity index (χ0) is 9.30. The van der Waals surface area contributed by atoms with Gasteiger partial charge in [-0.1, -0.05) is 0 Å². The molecule has 0 aromatic heterocycles. The van der Waals surface area contributed by atoms with E-state index in [0.29, 0.717) is 10.2 Å². The van der Waals surface area contributed by atoms with Crippen LogP contribution in [0.2, 0.25) is 0 Å². The third-order valence-electron chi connectivity index (χ3n) is 1.50. The Kier molecular flexibility index (Phi) is 2.38. The number of ketones is 1. The molecule has 0 amide bonds. The van der Waals surface area contributed by atoms with E-state index in [2.05, 4.69) is 15.9 Å². The molecule has 1 aromatic carbocycles. The van der Waals surface area contributed by atoms with E-state index in [1.165, 1.54) is 19.1 Å². The van der Waals surface area contributed by atoms with E-state index in [-0.39, 0.29) is 17.1 Å². The Morgan fingerprint density at radius 1 is 1.58 bits per heavy atom. The van der Waals surface area contributed by atoms with Gasteiger partial charge in [0, 0.05) is 5.69 Å². The van der Waals surface area contributed by atoms with E-state index in [1.807, 2.05) is 0 Å². The molecule has 0 radical (unpaired) electrons. The Bertz CT molecular complexity index is 336. The number of hydrogen-bond donors (Lipinski definition) is 2. The molecule has 12 heavy (non-hydrogen) atoms. The van der Waals surface area contributed by atoms with Crippen LogP contribution in [0, 0.1) is 0 Å². The van der Waals surface area contributed by atoms with Gasteiger partial charge in [-0.15, -0.1) is 0 Å². The van der Waals surface area contributed by atoms with Crippen molar-refractivity contribution in [3.8, 4) is 5.75 Å². The zero-order valence-corrected chi connectivity index (χ0v) is 8.05. The highest BCUT2D eigenvalue weighted by Crippen LogP contribution is 2.31. The van der Waals surface area contributed by atoms with Gasteiger partial charge in [0.2, 0.25) is 0 Å². The maximum Gasteiger partial charge on any atom is 0.164 e. The molecule has 0 aliphatic heterocycles. The molecule has 4 heteroatoms. The van der Waals surface area contributed by atoms with Crippen LogP contribution in [0.3, 0.4) is 0 Å². The fourth-order valence-corrected chi connectivity index (χ4v) is 1.53. The van der Waals surface area contributed by atoms with Crippen molar-refractivity contribution in [1.29, 1.82) is 0 Å². The van der Waals surface area contributed by atoms with E-state index >= 15 is 0 Å². The number of anilines is 1. The van der Waals surface area contributed by atoms with Gasteiger partial charge in [0.05, 0.1) is 10.0 Å². The van der Waals surface area contributed by atoms with Crippen LogP contribution in [0.5, 0.6) is 5.75 Å². The van der Waals surface area contributed by atoms with E-state index in [4.69, 9.17) is 5.73 Å². The largest absolute Gasteiger partial charge is 0.507 e. The minimum Gasteiger partial charge on any atom is -0.507 e. The summed E-state index contributed by atoms with van der Waals surface area (Å²) in [5, 5.41) is 9.28. The average molecular weight is 230 g/mol. The molecule has 0 aliphatic rings. The van der Waals surface area contributed by atoms with E-state index < -0.39 is 0 Å². The van der Waals surface area contributed by atoms with Crippen molar-refractivity contribution < 1.29 is 9.90 Å². The van der Waals surface area contributed by atoms with Gasteiger partial charge in [0.25, 0.3) is 0 Å². The second kappa shape index (κ2) is 3.15. The lowest BCUT2D eigenvalue weighted by atomic mass is 10.1. The van der Waals surface area contributed by atoms with Gasteiger partial charge in [0.15, 0.2) is 5.78 Å². The number of benzene rings is 1. The smallest absolute Gasteiger partial charge is 0.164 e. The number of phenolic OH excluding ortho intramolecular Hbond substituents is 1. The van der Waals surface area contributed by atoms with Gasteiger partial charge in [-0.05, 0) is 35.0 Å². The van der Waals surface area contributed by atoms with Crippen molar-refractivity contribution in [2.45, 2.75) is 6.92 Å². The second-order valence-corrected chi connectivity index (χ2v) is 3.21. The van der Waals surface area contributed by atoms with Crippen LogP contribution in [0.15, 0.2) is 16.6 Å². The molecule has 0 saturated carbocycles. The Hall–Kier alpha value is -1.03. The quantitative estimate of drug-likeness (QED) is 0.440. The minimum absolute atomic E-state index is 0.0522. The van der Waals surface area contributed by atoms with Gasteiger partial charge >= 0.3 is 0 Å². The van der Waals surface area contributed by atoms with Crippen LogP contribution in [0.1, 0.15) is 17.3 Å². The third kappa shape index (κ3) is 1.43. The summed E-state index contributed by atoms with van der Waals surface area (Å²) in [6.45, 7) is 1.37. The second-order valence-electron chi connectivity index (χ2n) is 2.42. The summed E-state index contributed by atoms with van der Waals surface area (Å²) in [6, 6.07) is 2.93. The summed E-state index contributed by atoms with van der Waals surface area (Å²) in [5.74, 6) is -0.268. The molecule has 0 atom stereocenters. The third-order valence-corrected chi connectivity index (χ3v) is 2.36. The normalized spacial score (nSPS) is 9.83. The summed E-state index contributed by atoms with van der Waals surface area (Å²) in [7, 11) is 0. The van der Waals surface area contributed by atoms with Gasteiger partial charge in [-0.25, -0.2) is 0 Å². The molecule has 0 heterocycles. The van der Waals surface area contributed by atoms with Gasteiger partial charge in [-0.3, -0.25) is 4.79 Å². The first-order chi connectivity index (χ1) is 5.54. The Morgan fingerprint density at radius 2 is 2.17 bits per heavy atom. The number of rotatable bonds is 1. The van der Waals surface area contributed by atoms with E-state index in [0.717, 1.165) is 0 Å². The maximum atomic E-state index is 11.0. The lowest BCUT2D eigenvalue weighted by molar-refractivity contribution is 0.101. The molecule has 64 valence electrons. The number of nitrogens with two attached hydrogens (primary N) is 1. The molecular weight excluding hydrogens is 222 g/mol. The SMILES string of the molecule is CC(=O)c1c(O)ccc(N)c1Br. The van der Waals surface area contributed by atoms with Crippen molar-refractivity contribution in [3.63, 3.8) is 0 Å². The molecule has 3 nitrogen and oxygen atoms in total. The number of phenols is 1. The summed E-state index contributed by atoms with van der Waals surface area (Å²) in [4.78, 5) is 11.0. The first-order valence-electron chi connectivity index (χ1n) is 3.32. The van der Waals surface area contributed by atoms with Crippen LogP contribution < -0.4 is 5.73 Å². The molecular formula is C8H8BrNO2. The number of carbonyl (C=O) groups excluding carboxylic acids is 1. The van der Waals surface area contributed by atoms with Crippen LogP contribution in [0.25, 0.3) is 0 Å². The zero-order valence-electron chi connectivity index (χ0n) is 6.47. The summed E-state index contributed by atoms with van der Waals surface area (Å²) in [6.07, 6.45) is 0. The predicted octanol–water partition coefficient (Wildman–Crippen LogP) is 1.94. The molecule has 0 aliphatic carbocycles. The number of aromatic hydroxyl groups is 1. The highest BCUT2D eigenvalue weighted by molar-refractivity contribution is 9.10. The lowest BCUT2D eigenvalue weighted by Crippen LogP contribution is -1.97.